The number of fused-ring (bicyclic) bond motifs is 17. The quantitative estimate of drug-likeness (QED) is 0.128. The molecule has 2 aliphatic rings. The Hall–Kier alpha value is -8.08. The Morgan fingerprint density at radius 3 is 1.35 bits per heavy atom. The summed E-state index contributed by atoms with van der Waals surface area (Å²) in [6, 6.07) is 65.6. The third kappa shape index (κ3) is 5.13. The summed E-state index contributed by atoms with van der Waals surface area (Å²) >= 11 is 0. The highest BCUT2D eigenvalue weighted by molar-refractivity contribution is 6.16. The summed E-state index contributed by atoms with van der Waals surface area (Å²) in [5, 5.41) is 4.53. The van der Waals surface area contributed by atoms with E-state index in [2.05, 4.69) is 233 Å². The molecule has 0 radical (unpaired) electrons. The fourth-order valence-corrected chi connectivity index (χ4v) is 12.6. The highest BCUT2D eigenvalue weighted by atomic mass is 16.1. The fraction of sp³-hybridized carbons (Fsp3) is 0.138. The molecule has 4 nitrogen and oxygen atoms in total. The van der Waals surface area contributed by atoms with E-state index in [1.165, 1.54) is 44.5 Å². The number of hydrogen-bond donors (Lipinski definition) is 0. The van der Waals surface area contributed by atoms with Gasteiger partial charge < -0.3 is 8.97 Å². The largest absolute Gasteiger partial charge is 0.309 e. The Morgan fingerprint density at radius 2 is 0.797 bits per heavy atom. The van der Waals surface area contributed by atoms with Gasteiger partial charge in [0.15, 0.2) is 10.9 Å². The number of hydrogen-bond acceptors (Lipinski definition) is 2. The standard InChI is InChI=1S/C65H48N2O2/c1-63(2,3)37-29-31-56-48(33-37)61(68)50-35-39(36-51-60(50)67(56)57-32-30-38(64(4,5)6)34-49(57)62(51)69)66-55-28-14-10-20-43(55)46-23-16-24-47(59(46)66)45-22-15-21-44-42-19-9-13-27-54(42)65(58(44)45)52-25-11-7-17-40(52)41-18-8-12-26-53(41)65/h7-36H,1-6H3. The topological polar surface area (TPSA) is 43.5 Å². The van der Waals surface area contributed by atoms with Crippen LogP contribution in [-0.4, -0.2) is 8.97 Å². The zero-order valence-corrected chi connectivity index (χ0v) is 39.5. The Balaban J connectivity index is 1.14. The summed E-state index contributed by atoms with van der Waals surface area (Å²) in [5.74, 6) is 0. The molecule has 0 unspecified atom stereocenters. The maximum absolute atomic E-state index is 15.4. The van der Waals surface area contributed by atoms with E-state index < -0.39 is 5.41 Å². The van der Waals surface area contributed by atoms with Crippen LogP contribution in [0.25, 0.3) is 99.0 Å². The Labute approximate surface area is 399 Å². The monoisotopic (exact) mass is 888 g/mol. The summed E-state index contributed by atoms with van der Waals surface area (Å²) in [5.41, 5.74) is 18.5. The molecule has 0 atom stereocenters. The van der Waals surface area contributed by atoms with Gasteiger partial charge in [0, 0.05) is 43.6 Å². The van der Waals surface area contributed by atoms with Crippen LogP contribution in [0.5, 0.6) is 0 Å². The zero-order chi connectivity index (χ0) is 46.9. The molecular formula is C65H48N2O2. The van der Waals surface area contributed by atoms with Gasteiger partial charge in [0.1, 0.15) is 0 Å². The van der Waals surface area contributed by atoms with Crippen molar-refractivity contribution in [3.8, 4) is 39.1 Å². The molecule has 12 aromatic rings. The van der Waals surface area contributed by atoms with Gasteiger partial charge in [-0.2, -0.15) is 0 Å². The molecule has 0 saturated heterocycles. The van der Waals surface area contributed by atoms with Gasteiger partial charge in [0.05, 0.1) is 33.0 Å². The predicted octanol–water partition coefficient (Wildman–Crippen LogP) is 15.3. The first-order chi connectivity index (χ1) is 33.4. The SMILES string of the molecule is CC(C)(C)c1ccc2c(c1)c(=O)c1cc(-n3c4ccccc4c4cccc(-c5cccc6c5C5(c7ccccc7-c7ccccc75)c5ccccc5-6)c43)cc3c(=O)c4cc(C(C)(C)C)ccc4n2c13. The second kappa shape index (κ2) is 13.5. The molecule has 0 aliphatic heterocycles. The van der Waals surface area contributed by atoms with Crippen molar-refractivity contribution in [1.29, 1.82) is 0 Å². The fourth-order valence-electron chi connectivity index (χ4n) is 12.6. The molecule has 0 bridgehead atoms. The first-order valence-corrected chi connectivity index (χ1v) is 24.2. The molecule has 0 saturated carbocycles. The van der Waals surface area contributed by atoms with E-state index in [0.29, 0.717) is 27.1 Å². The second-order valence-corrected chi connectivity index (χ2v) is 21.5. The van der Waals surface area contributed by atoms with Crippen molar-refractivity contribution < 1.29 is 0 Å². The van der Waals surface area contributed by atoms with Crippen molar-refractivity contribution in [3.63, 3.8) is 0 Å². The second-order valence-electron chi connectivity index (χ2n) is 21.5. The van der Waals surface area contributed by atoms with Crippen LogP contribution >= 0.6 is 0 Å². The Kier molecular flexibility index (Phi) is 7.86. The average Bonchev–Trinajstić information content (AvgIpc) is 3.97. The molecule has 3 aromatic heterocycles. The predicted molar refractivity (Wildman–Crippen MR) is 287 cm³/mol. The molecule has 2 aliphatic carbocycles. The maximum Gasteiger partial charge on any atom is 0.197 e. The van der Waals surface area contributed by atoms with E-state index in [1.54, 1.807) is 0 Å². The molecule has 330 valence electrons. The number of para-hydroxylation sites is 2. The van der Waals surface area contributed by atoms with Gasteiger partial charge in [-0.15, -0.1) is 0 Å². The molecular weight excluding hydrogens is 841 g/mol. The van der Waals surface area contributed by atoms with E-state index >= 15 is 9.59 Å². The van der Waals surface area contributed by atoms with Crippen LogP contribution in [0, 0.1) is 0 Å². The lowest BCUT2D eigenvalue weighted by Crippen LogP contribution is -2.26. The molecule has 1 spiro atoms. The number of rotatable bonds is 2. The molecule has 69 heavy (non-hydrogen) atoms. The van der Waals surface area contributed by atoms with Crippen molar-refractivity contribution in [3.05, 3.63) is 236 Å². The molecule has 3 heterocycles. The molecule has 4 heteroatoms. The van der Waals surface area contributed by atoms with Gasteiger partial charge in [-0.3, -0.25) is 9.59 Å². The van der Waals surface area contributed by atoms with E-state index in [9.17, 15) is 0 Å². The van der Waals surface area contributed by atoms with E-state index in [1.807, 2.05) is 0 Å². The van der Waals surface area contributed by atoms with Crippen molar-refractivity contribution in [2.45, 2.75) is 57.8 Å². The normalized spacial score (nSPS) is 13.9. The first-order valence-electron chi connectivity index (χ1n) is 24.2. The van der Waals surface area contributed by atoms with Crippen LogP contribution in [0.3, 0.4) is 0 Å². The van der Waals surface area contributed by atoms with E-state index in [0.717, 1.165) is 60.8 Å². The minimum absolute atomic E-state index is 0.0758. The van der Waals surface area contributed by atoms with Crippen molar-refractivity contribution >= 4 is 59.9 Å². The van der Waals surface area contributed by atoms with Crippen LogP contribution < -0.4 is 10.9 Å². The number of aromatic nitrogens is 2. The third-order valence-corrected chi connectivity index (χ3v) is 15.8. The molecule has 9 aromatic carbocycles. The highest BCUT2D eigenvalue weighted by Crippen LogP contribution is 2.64. The molecule has 0 fully saturated rings. The number of benzene rings is 9. The van der Waals surface area contributed by atoms with Gasteiger partial charge in [-0.25, -0.2) is 0 Å². The van der Waals surface area contributed by atoms with E-state index in [-0.39, 0.29) is 21.7 Å². The van der Waals surface area contributed by atoms with Gasteiger partial charge in [-0.1, -0.05) is 181 Å². The van der Waals surface area contributed by atoms with Gasteiger partial charge in [0.25, 0.3) is 0 Å². The lowest BCUT2D eigenvalue weighted by molar-refractivity contribution is 0.591. The summed E-state index contributed by atoms with van der Waals surface area (Å²) < 4.78 is 4.51. The summed E-state index contributed by atoms with van der Waals surface area (Å²) in [6.45, 7) is 13.1. The van der Waals surface area contributed by atoms with E-state index in [4.69, 9.17) is 0 Å². The van der Waals surface area contributed by atoms with Crippen molar-refractivity contribution in [2.75, 3.05) is 0 Å². The summed E-state index contributed by atoms with van der Waals surface area (Å²) in [7, 11) is 0. The first kappa shape index (κ1) is 40.0. The smallest absolute Gasteiger partial charge is 0.197 e. The van der Waals surface area contributed by atoms with Crippen LogP contribution in [0.2, 0.25) is 0 Å². The maximum atomic E-state index is 15.4. The summed E-state index contributed by atoms with van der Waals surface area (Å²) in [4.78, 5) is 30.8. The molecule has 0 N–H and O–H groups in total. The zero-order valence-electron chi connectivity index (χ0n) is 39.5. The Bertz CT molecular complexity index is 4200. The summed E-state index contributed by atoms with van der Waals surface area (Å²) in [6.07, 6.45) is 0. The lowest BCUT2D eigenvalue weighted by Gasteiger charge is -2.32. The van der Waals surface area contributed by atoms with Gasteiger partial charge in [0.2, 0.25) is 0 Å². The van der Waals surface area contributed by atoms with Crippen molar-refractivity contribution in [1.82, 2.24) is 8.97 Å². The third-order valence-electron chi connectivity index (χ3n) is 15.8. The lowest BCUT2D eigenvalue weighted by atomic mass is 9.68. The van der Waals surface area contributed by atoms with Crippen LogP contribution in [0.15, 0.2) is 192 Å². The van der Waals surface area contributed by atoms with Gasteiger partial charge >= 0.3 is 0 Å². The molecule has 14 rings (SSSR count). The Morgan fingerprint density at radius 1 is 0.362 bits per heavy atom. The number of pyridine rings is 2. The van der Waals surface area contributed by atoms with Crippen LogP contribution in [0.1, 0.15) is 74.9 Å². The van der Waals surface area contributed by atoms with Crippen LogP contribution in [-0.2, 0) is 16.2 Å². The average molecular weight is 889 g/mol. The van der Waals surface area contributed by atoms with Gasteiger partial charge in [-0.05, 0) is 114 Å². The minimum Gasteiger partial charge on any atom is -0.309 e. The molecule has 0 amide bonds. The number of nitrogens with zero attached hydrogens (tertiary/aromatic N) is 2. The van der Waals surface area contributed by atoms with Crippen LogP contribution in [0.4, 0.5) is 0 Å². The minimum atomic E-state index is -0.564. The highest BCUT2D eigenvalue weighted by Gasteiger charge is 2.52. The van der Waals surface area contributed by atoms with Crippen molar-refractivity contribution in [2.24, 2.45) is 0 Å².